The molecular formula is C12H15N3O2. The topological polar surface area (TPSA) is 73.3 Å². The molecule has 5 heteroatoms. The second-order valence-electron chi connectivity index (χ2n) is 4.42. The molecule has 0 unspecified atom stereocenters. The summed E-state index contributed by atoms with van der Waals surface area (Å²) in [5.74, 6) is 0. The van der Waals surface area contributed by atoms with Gasteiger partial charge in [0, 0.05) is 18.8 Å². The van der Waals surface area contributed by atoms with Crippen LogP contribution in [0.25, 0.3) is 11.1 Å². The number of anilines is 2. The molecule has 1 aliphatic rings. The Morgan fingerprint density at radius 1 is 1.47 bits per heavy atom. The van der Waals surface area contributed by atoms with Gasteiger partial charge in [-0.25, -0.2) is 0 Å². The highest BCUT2D eigenvalue weighted by Gasteiger charge is 2.29. The Morgan fingerprint density at radius 3 is 3.06 bits per heavy atom. The Bertz CT molecular complexity index is 532. The monoisotopic (exact) mass is 233 g/mol. The summed E-state index contributed by atoms with van der Waals surface area (Å²) in [6, 6.07) is 6.40. The minimum absolute atomic E-state index is 0.368. The standard InChI is InChI=1S/C12H15N3O2/c1-16-9-5-8(6-9)14-12-15-10-4-7(13)2-3-11(10)17-12/h2-4,8-9H,5-6,13H2,1H3,(H,14,15). The molecule has 2 aromatic rings. The second-order valence-corrected chi connectivity index (χ2v) is 4.42. The quantitative estimate of drug-likeness (QED) is 0.793. The smallest absolute Gasteiger partial charge is 0.295 e. The number of hydrogen-bond donors (Lipinski definition) is 2. The Hall–Kier alpha value is -1.75. The molecule has 1 aromatic carbocycles. The average Bonchev–Trinajstić information content (AvgIpc) is 2.64. The highest BCUT2D eigenvalue weighted by atomic mass is 16.5. The Labute approximate surface area is 98.9 Å². The lowest BCUT2D eigenvalue weighted by atomic mass is 9.89. The number of rotatable bonds is 3. The molecule has 90 valence electrons. The van der Waals surface area contributed by atoms with Crippen LogP contribution in [0.5, 0.6) is 0 Å². The zero-order valence-corrected chi connectivity index (χ0v) is 9.64. The number of nitrogen functional groups attached to an aromatic ring is 1. The van der Waals surface area contributed by atoms with E-state index in [1.807, 2.05) is 18.2 Å². The number of aromatic nitrogens is 1. The van der Waals surface area contributed by atoms with E-state index in [0.29, 0.717) is 23.8 Å². The zero-order chi connectivity index (χ0) is 11.8. The van der Waals surface area contributed by atoms with Gasteiger partial charge in [0.05, 0.1) is 6.10 Å². The zero-order valence-electron chi connectivity index (χ0n) is 9.64. The number of methoxy groups -OCH3 is 1. The third-order valence-electron chi connectivity index (χ3n) is 3.17. The number of nitrogens with two attached hydrogens (primary N) is 1. The Kier molecular flexibility index (Phi) is 2.40. The van der Waals surface area contributed by atoms with Crippen LogP contribution >= 0.6 is 0 Å². The van der Waals surface area contributed by atoms with E-state index < -0.39 is 0 Å². The maximum absolute atomic E-state index is 5.69. The van der Waals surface area contributed by atoms with Crippen molar-refractivity contribution in [3.05, 3.63) is 18.2 Å². The van der Waals surface area contributed by atoms with Crippen molar-refractivity contribution < 1.29 is 9.15 Å². The van der Waals surface area contributed by atoms with Crippen molar-refractivity contribution in [3.8, 4) is 0 Å². The van der Waals surface area contributed by atoms with Gasteiger partial charge < -0.3 is 20.2 Å². The molecule has 0 atom stereocenters. The summed E-state index contributed by atoms with van der Waals surface area (Å²) < 4.78 is 10.8. The minimum atomic E-state index is 0.368. The molecule has 1 saturated carbocycles. The van der Waals surface area contributed by atoms with Gasteiger partial charge in [0.25, 0.3) is 6.01 Å². The lowest BCUT2D eigenvalue weighted by Gasteiger charge is -2.33. The molecule has 1 heterocycles. The summed E-state index contributed by atoms with van der Waals surface area (Å²) in [6.07, 6.45) is 2.36. The normalized spacial score (nSPS) is 23.6. The van der Waals surface area contributed by atoms with Crippen LogP contribution in [0.2, 0.25) is 0 Å². The molecule has 0 radical (unpaired) electrons. The number of fused-ring (bicyclic) bond motifs is 1. The van der Waals surface area contributed by atoms with Crippen molar-refractivity contribution in [2.75, 3.05) is 18.2 Å². The van der Waals surface area contributed by atoms with Gasteiger partial charge in [0.15, 0.2) is 5.58 Å². The first kappa shape index (κ1) is 10.4. The lowest BCUT2D eigenvalue weighted by Crippen LogP contribution is -2.40. The summed E-state index contributed by atoms with van der Waals surface area (Å²) in [5, 5.41) is 3.25. The van der Waals surface area contributed by atoms with Gasteiger partial charge in [-0.15, -0.1) is 0 Å². The Morgan fingerprint density at radius 2 is 2.29 bits per heavy atom. The van der Waals surface area contributed by atoms with E-state index in [2.05, 4.69) is 10.3 Å². The van der Waals surface area contributed by atoms with Crippen molar-refractivity contribution >= 4 is 22.8 Å². The minimum Gasteiger partial charge on any atom is -0.424 e. The van der Waals surface area contributed by atoms with Crippen LogP contribution < -0.4 is 11.1 Å². The number of ether oxygens (including phenoxy) is 1. The Balaban J connectivity index is 1.73. The third-order valence-corrected chi connectivity index (χ3v) is 3.17. The van der Waals surface area contributed by atoms with Crippen LogP contribution in [0.4, 0.5) is 11.7 Å². The van der Waals surface area contributed by atoms with Crippen molar-refractivity contribution in [1.29, 1.82) is 0 Å². The first-order valence-electron chi connectivity index (χ1n) is 5.70. The molecular weight excluding hydrogens is 218 g/mol. The maximum Gasteiger partial charge on any atom is 0.295 e. The van der Waals surface area contributed by atoms with Gasteiger partial charge >= 0.3 is 0 Å². The van der Waals surface area contributed by atoms with Crippen LogP contribution in [0.1, 0.15) is 12.8 Å². The maximum atomic E-state index is 5.69. The molecule has 1 aliphatic carbocycles. The van der Waals surface area contributed by atoms with Gasteiger partial charge in [0.1, 0.15) is 5.52 Å². The number of nitrogens with zero attached hydrogens (tertiary/aromatic N) is 1. The van der Waals surface area contributed by atoms with E-state index in [1.165, 1.54) is 0 Å². The van der Waals surface area contributed by atoms with Crippen LogP contribution in [0.15, 0.2) is 22.6 Å². The van der Waals surface area contributed by atoms with Crippen LogP contribution in [0, 0.1) is 0 Å². The highest BCUT2D eigenvalue weighted by Crippen LogP contribution is 2.28. The molecule has 3 N–H and O–H groups in total. The molecule has 0 spiro atoms. The van der Waals surface area contributed by atoms with E-state index in [1.54, 1.807) is 7.11 Å². The molecule has 0 saturated heterocycles. The summed E-state index contributed by atoms with van der Waals surface area (Å²) in [7, 11) is 1.74. The lowest BCUT2D eigenvalue weighted by molar-refractivity contribution is 0.0323. The van der Waals surface area contributed by atoms with Crippen molar-refractivity contribution in [2.24, 2.45) is 0 Å². The van der Waals surface area contributed by atoms with Gasteiger partial charge in [-0.2, -0.15) is 4.98 Å². The number of hydrogen-bond acceptors (Lipinski definition) is 5. The van der Waals surface area contributed by atoms with Crippen LogP contribution in [-0.2, 0) is 4.74 Å². The molecule has 1 aromatic heterocycles. The fourth-order valence-corrected chi connectivity index (χ4v) is 2.06. The number of benzene rings is 1. The first-order chi connectivity index (χ1) is 8.24. The number of oxazole rings is 1. The van der Waals surface area contributed by atoms with Crippen LogP contribution in [0.3, 0.4) is 0 Å². The molecule has 3 rings (SSSR count). The molecule has 5 nitrogen and oxygen atoms in total. The van der Waals surface area contributed by atoms with E-state index in [4.69, 9.17) is 14.9 Å². The molecule has 17 heavy (non-hydrogen) atoms. The van der Waals surface area contributed by atoms with Gasteiger partial charge in [0.2, 0.25) is 0 Å². The predicted molar refractivity (Wildman–Crippen MR) is 65.9 cm³/mol. The molecule has 0 amide bonds. The fourth-order valence-electron chi connectivity index (χ4n) is 2.06. The first-order valence-corrected chi connectivity index (χ1v) is 5.70. The molecule has 0 aliphatic heterocycles. The van der Waals surface area contributed by atoms with E-state index in [-0.39, 0.29) is 0 Å². The van der Waals surface area contributed by atoms with Crippen LogP contribution in [-0.4, -0.2) is 24.2 Å². The van der Waals surface area contributed by atoms with Gasteiger partial charge in [-0.3, -0.25) is 0 Å². The SMILES string of the molecule is COC1CC(Nc2nc3cc(N)ccc3o2)C1. The summed E-state index contributed by atoms with van der Waals surface area (Å²) in [4.78, 5) is 4.35. The van der Waals surface area contributed by atoms with Crippen molar-refractivity contribution in [3.63, 3.8) is 0 Å². The largest absolute Gasteiger partial charge is 0.424 e. The summed E-state index contributed by atoms with van der Waals surface area (Å²) in [6.45, 7) is 0. The van der Waals surface area contributed by atoms with E-state index in [0.717, 1.165) is 23.9 Å². The molecule has 1 fully saturated rings. The number of nitrogens with one attached hydrogen (secondary N) is 1. The average molecular weight is 233 g/mol. The highest BCUT2D eigenvalue weighted by molar-refractivity contribution is 5.78. The summed E-state index contributed by atoms with van der Waals surface area (Å²) in [5.41, 5.74) is 7.93. The predicted octanol–water partition coefficient (Wildman–Crippen LogP) is 2.00. The summed E-state index contributed by atoms with van der Waals surface area (Å²) >= 11 is 0. The van der Waals surface area contributed by atoms with Crippen molar-refractivity contribution in [1.82, 2.24) is 4.98 Å². The van der Waals surface area contributed by atoms with Gasteiger partial charge in [-0.05, 0) is 31.0 Å². The van der Waals surface area contributed by atoms with E-state index >= 15 is 0 Å². The molecule has 0 bridgehead atoms. The fraction of sp³-hybridized carbons (Fsp3) is 0.417. The van der Waals surface area contributed by atoms with Crippen molar-refractivity contribution in [2.45, 2.75) is 25.0 Å². The van der Waals surface area contributed by atoms with E-state index in [9.17, 15) is 0 Å². The van der Waals surface area contributed by atoms with Gasteiger partial charge in [-0.1, -0.05) is 0 Å². The third kappa shape index (κ3) is 1.93. The second kappa shape index (κ2) is 3.92.